The smallest absolute Gasteiger partial charge is 0.259 e. The molecule has 0 aliphatic carbocycles. The van der Waals surface area contributed by atoms with Crippen LogP contribution >= 0.6 is 0 Å². The Morgan fingerprint density at radius 3 is 2.75 bits per heavy atom. The van der Waals surface area contributed by atoms with Crippen LogP contribution in [0.25, 0.3) is 0 Å². The number of nitrogens with one attached hydrogen (secondary N) is 1. The van der Waals surface area contributed by atoms with Crippen LogP contribution in [0.2, 0.25) is 0 Å². The summed E-state index contributed by atoms with van der Waals surface area (Å²) in [5.41, 5.74) is 7.29. The number of amides is 1. The average molecular weight is 274 g/mol. The van der Waals surface area contributed by atoms with Crippen molar-refractivity contribution in [2.24, 2.45) is 0 Å². The molecule has 2 rings (SSSR count). The molecular weight excluding hydrogens is 259 g/mol. The van der Waals surface area contributed by atoms with Gasteiger partial charge in [-0.3, -0.25) is 4.79 Å². The van der Waals surface area contributed by atoms with E-state index < -0.39 is 0 Å². The van der Waals surface area contributed by atoms with Gasteiger partial charge in [-0.25, -0.2) is 4.39 Å². The number of hydrogen-bond acceptors (Lipinski definition) is 3. The number of hydrogen-bond donors (Lipinski definition) is 2. The Hall–Kier alpha value is -2.56. The van der Waals surface area contributed by atoms with E-state index in [1.165, 1.54) is 19.2 Å². The van der Waals surface area contributed by atoms with Crippen LogP contribution < -0.4 is 15.8 Å². The molecule has 5 heteroatoms. The Morgan fingerprint density at radius 1 is 1.30 bits per heavy atom. The van der Waals surface area contributed by atoms with Crippen molar-refractivity contribution in [1.82, 2.24) is 0 Å². The lowest BCUT2D eigenvalue weighted by atomic mass is 10.1. The van der Waals surface area contributed by atoms with Crippen LogP contribution in [0.3, 0.4) is 0 Å². The van der Waals surface area contributed by atoms with E-state index in [0.717, 1.165) is 0 Å². The number of carbonyl (C=O) groups excluding carboxylic acids is 1. The van der Waals surface area contributed by atoms with Gasteiger partial charge in [0, 0.05) is 23.0 Å². The second-order valence-corrected chi connectivity index (χ2v) is 4.33. The predicted molar refractivity (Wildman–Crippen MR) is 76.5 cm³/mol. The number of rotatable bonds is 3. The highest BCUT2D eigenvalue weighted by molar-refractivity contribution is 6.06. The fraction of sp³-hybridized carbons (Fsp3) is 0.133. The number of nitrogens with two attached hydrogens (primary N) is 1. The maximum absolute atomic E-state index is 13.4. The van der Waals surface area contributed by atoms with Crippen LogP contribution in [0.15, 0.2) is 36.4 Å². The van der Waals surface area contributed by atoms with Gasteiger partial charge in [-0.05, 0) is 31.2 Å². The summed E-state index contributed by atoms with van der Waals surface area (Å²) in [6.07, 6.45) is 0. The summed E-state index contributed by atoms with van der Waals surface area (Å²) in [5, 5.41) is 2.66. The molecule has 104 valence electrons. The lowest BCUT2D eigenvalue weighted by Gasteiger charge is -2.11. The molecule has 20 heavy (non-hydrogen) atoms. The molecule has 0 saturated carbocycles. The number of methoxy groups -OCH3 is 1. The molecule has 2 aromatic carbocycles. The SMILES string of the molecule is COc1cc(N)ccc1C(=O)Nc1cccc(F)c1C. The van der Waals surface area contributed by atoms with Crippen LogP contribution in [-0.4, -0.2) is 13.0 Å². The first kappa shape index (κ1) is 13.9. The molecule has 3 N–H and O–H groups in total. The fourth-order valence-corrected chi connectivity index (χ4v) is 1.83. The van der Waals surface area contributed by atoms with Crippen LogP contribution in [0, 0.1) is 12.7 Å². The summed E-state index contributed by atoms with van der Waals surface area (Å²) in [6.45, 7) is 1.60. The van der Waals surface area contributed by atoms with Crippen LogP contribution in [0.4, 0.5) is 15.8 Å². The first-order valence-corrected chi connectivity index (χ1v) is 6.03. The third kappa shape index (κ3) is 2.71. The lowest BCUT2D eigenvalue weighted by Crippen LogP contribution is -2.14. The van der Waals surface area contributed by atoms with Gasteiger partial charge >= 0.3 is 0 Å². The number of anilines is 2. The van der Waals surface area contributed by atoms with E-state index in [4.69, 9.17) is 10.5 Å². The van der Waals surface area contributed by atoms with Gasteiger partial charge in [-0.15, -0.1) is 0 Å². The summed E-state index contributed by atoms with van der Waals surface area (Å²) < 4.78 is 18.6. The van der Waals surface area contributed by atoms with E-state index in [1.807, 2.05) is 0 Å². The van der Waals surface area contributed by atoms with Gasteiger partial charge in [0.15, 0.2) is 0 Å². The van der Waals surface area contributed by atoms with Crippen LogP contribution in [0.1, 0.15) is 15.9 Å². The minimum Gasteiger partial charge on any atom is -0.496 e. The molecule has 0 spiro atoms. The Labute approximate surface area is 116 Å². The largest absolute Gasteiger partial charge is 0.496 e. The number of benzene rings is 2. The summed E-state index contributed by atoms with van der Waals surface area (Å²) in [6, 6.07) is 9.26. The highest BCUT2D eigenvalue weighted by Crippen LogP contribution is 2.24. The highest BCUT2D eigenvalue weighted by atomic mass is 19.1. The van der Waals surface area contributed by atoms with Crippen molar-refractivity contribution in [2.75, 3.05) is 18.2 Å². The Bertz CT molecular complexity index is 656. The van der Waals surface area contributed by atoms with Gasteiger partial charge < -0.3 is 15.8 Å². The van der Waals surface area contributed by atoms with Gasteiger partial charge in [0.2, 0.25) is 0 Å². The van der Waals surface area contributed by atoms with Crippen molar-refractivity contribution in [3.63, 3.8) is 0 Å². The Balaban J connectivity index is 2.31. The quantitative estimate of drug-likeness (QED) is 0.846. The molecule has 0 radical (unpaired) electrons. The second-order valence-electron chi connectivity index (χ2n) is 4.33. The molecule has 1 amide bonds. The summed E-state index contributed by atoms with van der Waals surface area (Å²) >= 11 is 0. The third-order valence-electron chi connectivity index (χ3n) is 2.99. The van der Waals surface area contributed by atoms with E-state index in [1.54, 1.807) is 31.2 Å². The number of nitrogen functional groups attached to an aromatic ring is 1. The highest BCUT2D eigenvalue weighted by Gasteiger charge is 2.14. The number of ether oxygens (including phenoxy) is 1. The summed E-state index contributed by atoms with van der Waals surface area (Å²) in [7, 11) is 1.46. The van der Waals surface area contributed by atoms with Crippen molar-refractivity contribution in [1.29, 1.82) is 0 Å². The second kappa shape index (κ2) is 5.61. The van der Waals surface area contributed by atoms with Crippen LogP contribution in [-0.2, 0) is 0 Å². The minimum atomic E-state index is -0.379. The predicted octanol–water partition coefficient (Wildman–Crippen LogP) is 2.98. The average Bonchev–Trinajstić information content (AvgIpc) is 2.43. The molecule has 0 heterocycles. The molecule has 0 aromatic heterocycles. The monoisotopic (exact) mass is 274 g/mol. The normalized spacial score (nSPS) is 10.2. The maximum atomic E-state index is 13.4. The van der Waals surface area contributed by atoms with Crippen molar-refractivity contribution < 1.29 is 13.9 Å². The summed E-state index contributed by atoms with van der Waals surface area (Å²) in [4.78, 5) is 12.2. The first-order chi connectivity index (χ1) is 9.52. The van der Waals surface area contributed by atoms with Gasteiger partial charge in [0.05, 0.1) is 12.7 Å². The maximum Gasteiger partial charge on any atom is 0.259 e. The topological polar surface area (TPSA) is 64.3 Å². The minimum absolute atomic E-state index is 0.338. The Morgan fingerprint density at radius 2 is 2.05 bits per heavy atom. The standard InChI is InChI=1S/C15H15FN2O2/c1-9-12(16)4-3-5-13(9)18-15(19)11-7-6-10(17)8-14(11)20-2/h3-8H,17H2,1-2H3,(H,18,19). The molecule has 0 aliphatic rings. The fourth-order valence-electron chi connectivity index (χ4n) is 1.83. The third-order valence-corrected chi connectivity index (χ3v) is 2.99. The first-order valence-electron chi connectivity index (χ1n) is 6.03. The van der Waals surface area contributed by atoms with Gasteiger partial charge in [0.1, 0.15) is 11.6 Å². The molecule has 0 unspecified atom stereocenters. The molecule has 4 nitrogen and oxygen atoms in total. The molecule has 0 fully saturated rings. The van der Waals surface area contributed by atoms with E-state index in [2.05, 4.69) is 5.32 Å². The van der Waals surface area contributed by atoms with Gasteiger partial charge in [-0.1, -0.05) is 6.07 Å². The molecule has 0 atom stereocenters. The van der Waals surface area contributed by atoms with Gasteiger partial charge in [0.25, 0.3) is 5.91 Å². The molecule has 0 aliphatic heterocycles. The van der Waals surface area contributed by atoms with E-state index >= 15 is 0 Å². The molecule has 0 saturated heterocycles. The Kier molecular flexibility index (Phi) is 3.89. The van der Waals surface area contributed by atoms with Crippen molar-refractivity contribution in [2.45, 2.75) is 6.92 Å². The molecular formula is C15H15FN2O2. The molecule has 2 aromatic rings. The summed E-state index contributed by atoms with van der Waals surface area (Å²) in [5.74, 6) is -0.376. The lowest BCUT2D eigenvalue weighted by molar-refractivity contribution is 0.102. The van der Waals surface area contributed by atoms with Gasteiger partial charge in [-0.2, -0.15) is 0 Å². The van der Waals surface area contributed by atoms with Crippen molar-refractivity contribution >= 4 is 17.3 Å². The zero-order valence-electron chi connectivity index (χ0n) is 11.2. The number of carbonyl (C=O) groups is 1. The molecule has 0 bridgehead atoms. The van der Waals surface area contributed by atoms with E-state index in [-0.39, 0.29) is 11.7 Å². The zero-order valence-corrected chi connectivity index (χ0v) is 11.2. The zero-order chi connectivity index (χ0) is 14.7. The number of halogens is 1. The van der Waals surface area contributed by atoms with E-state index in [9.17, 15) is 9.18 Å². The van der Waals surface area contributed by atoms with Crippen molar-refractivity contribution in [3.8, 4) is 5.75 Å². The van der Waals surface area contributed by atoms with E-state index in [0.29, 0.717) is 28.3 Å². The van der Waals surface area contributed by atoms with Crippen LogP contribution in [0.5, 0.6) is 5.75 Å². The van der Waals surface area contributed by atoms with Crippen molar-refractivity contribution in [3.05, 3.63) is 53.3 Å².